The molecule has 1 atom stereocenters. The summed E-state index contributed by atoms with van der Waals surface area (Å²) in [4.78, 5) is 14.4. The van der Waals surface area contributed by atoms with Gasteiger partial charge in [-0.15, -0.1) is 0 Å². The van der Waals surface area contributed by atoms with E-state index in [9.17, 15) is 4.79 Å². The average molecular weight is 318 g/mol. The summed E-state index contributed by atoms with van der Waals surface area (Å²) in [5.74, 6) is 0.0398. The van der Waals surface area contributed by atoms with Gasteiger partial charge < -0.3 is 14.8 Å². The van der Waals surface area contributed by atoms with Crippen molar-refractivity contribution in [3.8, 4) is 0 Å². The maximum Gasteiger partial charge on any atom is 0.226 e. The molecule has 2 fully saturated rings. The van der Waals surface area contributed by atoms with E-state index in [0.717, 1.165) is 64.4 Å². The Labute approximate surface area is 137 Å². The van der Waals surface area contributed by atoms with E-state index < -0.39 is 0 Å². The molecule has 1 N–H and O–H groups in total. The summed E-state index contributed by atoms with van der Waals surface area (Å²) in [7, 11) is 0. The number of morpholine rings is 1. The van der Waals surface area contributed by atoms with Gasteiger partial charge in [0.05, 0.1) is 25.7 Å². The van der Waals surface area contributed by atoms with E-state index in [1.807, 2.05) is 12.1 Å². The lowest BCUT2D eigenvalue weighted by molar-refractivity contribution is -0.118. The van der Waals surface area contributed by atoms with Gasteiger partial charge >= 0.3 is 0 Å². The maximum absolute atomic E-state index is 12.0. The molecule has 5 heteroatoms. The third-order valence-electron chi connectivity index (χ3n) is 4.50. The number of hydrogen-bond acceptors (Lipinski definition) is 4. The van der Waals surface area contributed by atoms with Crippen molar-refractivity contribution >= 4 is 11.6 Å². The monoisotopic (exact) mass is 318 g/mol. The van der Waals surface area contributed by atoms with Crippen LogP contribution in [0.15, 0.2) is 24.3 Å². The summed E-state index contributed by atoms with van der Waals surface area (Å²) in [6.07, 6.45) is 3.65. The van der Waals surface area contributed by atoms with Crippen LogP contribution >= 0.6 is 0 Å². The van der Waals surface area contributed by atoms with E-state index in [1.165, 1.54) is 5.56 Å². The van der Waals surface area contributed by atoms with Crippen molar-refractivity contribution in [3.05, 3.63) is 29.8 Å². The fraction of sp³-hybridized carbons (Fsp3) is 0.611. The Morgan fingerprint density at radius 1 is 1.17 bits per heavy atom. The number of hydrogen-bond donors (Lipinski definition) is 1. The second-order valence-electron chi connectivity index (χ2n) is 6.29. The van der Waals surface area contributed by atoms with Gasteiger partial charge in [0.2, 0.25) is 5.91 Å². The molecule has 2 heterocycles. The Morgan fingerprint density at radius 2 is 1.96 bits per heavy atom. The van der Waals surface area contributed by atoms with Crippen molar-refractivity contribution < 1.29 is 14.3 Å². The van der Waals surface area contributed by atoms with Crippen molar-refractivity contribution in [3.63, 3.8) is 0 Å². The molecule has 2 saturated heterocycles. The number of benzene rings is 1. The van der Waals surface area contributed by atoms with Gasteiger partial charge in [-0.1, -0.05) is 12.1 Å². The predicted octanol–water partition coefficient (Wildman–Crippen LogP) is 2.07. The Kier molecular flexibility index (Phi) is 6.02. The first kappa shape index (κ1) is 16.4. The molecule has 0 aromatic heterocycles. The van der Waals surface area contributed by atoms with Crippen LogP contribution in [0.2, 0.25) is 0 Å². The molecule has 1 amide bonds. The molecule has 2 aliphatic heterocycles. The molecule has 1 aromatic rings. The number of rotatable bonds is 6. The molecule has 0 radical (unpaired) electrons. The molecule has 0 bridgehead atoms. The first-order valence-electron chi connectivity index (χ1n) is 8.60. The average Bonchev–Trinajstić information content (AvgIpc) is 3.08. The summed E-state index contributed by atoms with van der Waals surface area (Å²) in [6.45, 7) is 5.59. The molecular weight excluding hydrogens is 292 g/mol. The zero-order valence-electron chi connectivity index (χ0n) is 13.6. The summed E-state index contributed by atoms with van der Waals surface area (Å²) in [5.41, 5.74) is 2.16. The first-order valence-corrected chi connectivity index (χ1v) is 8.60. The molecule has 1 unspecified atom stereocenters. The highest BCUT2D eigenvalue weighted by atomic mass is 16.5. The zero-order chi connectivity index (χ0) is 15.9. The molecule has 0 saturated carbocycles. The molecule has 126 valence electrons. The Balaban J connectivity index is 1.41. The Hall–Kier alpha value is -1.43. The van der Waals surface area contributed by atoms with Gasteiger partial charge in [-0.2, -0.15) is 0 Å². The highest BCUT2D eigenvalue weighted by Gasteiger charge is 2.19. The standard InChI is InChI=1S/C18H26N2O3/c21-18(14-17-2-1-11-23-17)19-16-5-3-15(4-6-16)7-8-20-9-12-22-13-10-20/h3-6,17H,1-2,7-14H2,(H,19,21). The van der Waals surface area contributed by atoms with E-state index in [2.05, 4.69) is 22.3 Å². The summed E-state index contributed by atoms with van der Waals surface area (Å²) in [6, 6.07) is 8.17. The van der Waals surface area contributed by atoms with E-state index in [0.29, 0.717) is 6.42 Å². The molecule has 1 aromatic carbocycles. The van der Waals surface area contributed by atoms with Crippen LogP contribution in [0.4, 0.5) is 5.69 Å². The number of carbonyl (C=O) groups excluding carboxylic acids is 1. The molecule has 23 heavy (non-hydrogen) atoms. The highest BCUT2D eigenvalue weighted by Crippen LogP contribution is 2.17. The minimum absolute atomic E-state index is 0.0398. The van der Waals surface area contributed by atoms with Gasteiger partial charge in [0.1, 0.15) is 0 Å². The fourth-order valence-corrected chi connectivity index (χ4v) is 3.09. The van der Waals surface area contributed by atoms with Crippen LogP contribution < -0.4 is 5.32 Å². The topological polar surface area (TPSA) is 50.8 Å². The van der Waals surface area contributed by atoms with E-state index in [4.69, 9.17) is 9.47 Å². The van der Waals surface area contributed by atoms with Crippen molar-refractivity contribution in [2.24, 2.45) is 0 Å². The quantitative estimate of drug-likeness (QED) is 0.872. The molecule has 2 aliphatic rings. The third-order valence-corrected chi connectivity index (χ3v) is 4.50. The molecular formula is C18H26N2O3. The number of nitrogens with one attached hydrogen (secondary N) is 1. The molecule has 5 nitrogen and oxygen atoms in total. The van der Waals surface area contributed by atoms with Crippen LogP contribution in [-0.4, -0.2) is 56.4 Å². The van der Waals surface area contributed by atoms with Crippen molar-refractivity contribution in [2.75, 3.05) is 44.8 Å². The van der Waals surface area contributed by atoms with Crippen LogP contribution in [0.5, 0.6) is 0 Å². The fourth-order valence-electron chi connectivity index (χ4n) is 3.09. The van der Waals surface area contributed by atoms with Crippen LogP contribution in [0.25, 0.3) is 0 Å². The SMILES string of the molecule is O=C(CC1CCCO1)Nc1ccc(CCN2CCOCC2)cc1. The normalized spacial score (nSPS) is 22.2. The lowest BCUT2D eigenvalue weighted by atomic mass is 10.1. The minimum atomic E-state index is 0.0398. The van der Waals surface area contributed by atoms with Crippen LogP contribution in [0.3, 0.4) is 0 Å². The van der Waals surface area contributed by atoms with Gasteiger partial charge in [-0.25, -0.2) is 0 Å². The largest absolute Gasteiger partial charge is 0.379 e. The van der Waals surface area contributed by atoms with Gasteiger partial charge in [-0.05, 0) is 37.0 Å². The number of anilines is 1. The van der Waals surface area contributed by atoms with E-state index in [1.54, 1.807) is 0 Å². The van der Waals surface area contributed by atoms with E-state index >= 15 is 0 Å². The number of carbonyl (C=O) groups is 1. The van der Waals surface area contributed by atoms with Gasteiger partial charge in [0, 0.05) is 31.9 Å². The maximum atomic E-state index is 12.0. The molecule has 3 rings (SSSR count). The zero-order valence-corrected chi connectivity index (χ0v) is 13.6. The minimum Gasteiger partial charge on any atom is -0.379 e. The van der Waals surface area contributed by atoms with Gasteiger partial charge in [0.15, 0.2) is 0 Å². The van der Waals surface area contributed by atoms with Gasteiger partial charge in [0.25, 0.3) is 0 Å². The number of amides is 1. The third kappa shape index (κ3) is 5.30. The van der Waals surface area contributed by atoms with Crippen LogP contribution in [0, 0.1) is 0 Å². The number of nitrogens with zero attached hydrogens (tertiary/aromatic N) is 1. The summed E-state index contributed by atoms with van der Waals surface area (Å²) >= 11 is 0. The van der Waals surface area contributed by atoms with Crippen molar-refractivity contribution in [2.45, 2.75) is 31.8 Å². The first-order chi connectivity index (χ1) is 11.3. The van der Waals surface area contributed by atoms with E-state index in [-0.39, 0.29) is 12.0 Å². The highest BCUT2D eigenvalue weighted by molar-refractivity contribution is 5.91. The lowest BCUT2D eigenvalue weighted by Crippen LogP contribution is -2.37. The van der Waals surface area contributed by atoms with Crippen molar-refractivity contribution in [1.82, 2.24) is 4.90 Å². The summed E-state index contributed by atoms with van der Waals surface area (Å²) < 4.78 is 10.9. The smallest absolute Gasteiger partial charge is 0.226 e. The second kappa shape index (κ2) is 8.43. The Bertz CT molecular complexity index is 491. The van der Waals surface area contributed by atoms with Gasteiger partial charge in [-0.3, -0.25) is 9.69 Å². The number of ether oxygens (including phenoxy) is 2. The predicted molar refractivity (Wildman–Crippen MR) is 89.6 cm³/mol. The van der Waals surface area contributed by atoms with Crippen LogP contribution in [-0.2, 0) is 20.7 Å². The second-order valence-corrected chi connectivity index (χ2v) is 6.29. The molecule has 0 aliphatic carbocycles. The summed E-state index contributed by atoms with van der Waals surface area (Å²) in [5, 5.41) is 2.96. The Morgan fingerprint density at radius 3 is 2.65 bits per heavy atom. The van der Waals surface area contributed by atoms with Crippen molar-refractivity contribution in [1.29, 1.82) is 0 Å². The van der Waals surface area contributed by atoms with Crippen LogP contribution in [0.1, 0.15) is 24.8 Å². The molecule has 0 spiro atoms. The lowest BCUT2D eigenvalue weighted by Gasteiger charge is -2.26.